The van der Waals surface area contributed by atoms with Crippen LogP contribution in [0, 0.1) is 0 Å². The minimum Gasteiger partial charge on any atom is -0.0616 e. The summed E-state index contributed by atoms with van der Waals surface area (Å²) in [4.78, 5) is 0. The molecule has 0 saturated heterocycles. The predicted octanol–water partition coefficient (Wildman–Crippen LogP) is 15.3. The summed E-state index contributed by atoms with van der Waals surface area (Å²) in [6.45, 7) is 0. The molecule has 0 atom stereocenters. The minimum absolute atomic E-state index is 1.21. The zero-order valence-corrected chi connectivity index (χ0v) is 29.6. The maximum Gasteiger partial charge on any atom is -0.00199 e. The van der Waals surface area contributed by atoms with Gasteiger partial charge in [0.25, 0.3) is 0 Å². The molecule has 0 bridgehead atoms. The Bertz CT molecular complexity index is 3040. The lowest BCUT2D eigenvalue weighted by molar-refractivity contribution is 1.65. The highest BCUT2D eigenvalue weighted by molar-refractivity contribution is 6.26. The van der Waals surface area contributed by atoms with Crippen LogP contribution in [0.2, 0.25) is 0 Å². The third-order valence-electron chi connectivity index (χ3n) is 11.4. The van der Waals surface area contributed by atoms with Crippen molar-refractivity contribution in [1.82, 2.24) is 0 Å². The zero-order valence-electron chi connectivity index (χ0n) is 29.6. The van der Waals surface area contributed by atoms with Crippen molar-refractivity contribution < 1.29 is 0 Å². The lowest BCUT2D eigenvalue weighted by atomic mass is 9.82. The van der Waals surface area contributed by atoms with Crippen LogP contribution in [0.4, 0.5) is 0 Å². The Balaban J connectivity index is 1.29. The van der Waals surface area contributed by atoms with Crippen molar-refractivity contribution in [2.45, 2.75) is 0 Å². The normalized spacial score (nSPS) is 11.7. The Kier molecular flexibility index (Phi) is 6.97. The predicted molar refractivity (Wildman–Crippen MR) is 233 cm³/mol. The van der Waals surface area contributed by atoms with Gasteiger partial charge in [-0.1, -0.05) is 182 Å². The van der Waals surface area contributed by atoms with Crippen molar-refractivity contribution in [1.29, 1.82) is 0 Å². The van der Waals surface area contributed by atoms with Crippen LogP contribution in [0.1, 0.15) is 0 Å². The molecule has 0 aliphatic carbocycles. The highest BCUT2D eigenvalue weighted by atomic mass is 14.2. The summed E-state index contributed by atoms with van der Waals surface area (Å²) in [6, 6.07) is 76.4. The van der Waals surface area contributed by atoms with Gasteiger partial charge in [0.05, 0.1) is 0 Å². The van der Waals surface area contributed by atoms with Gasteiger partial charge < -0.3 is 0 Å². The first-order chi connectivity index (χ1) is 26.8. The molecule has 0 heterocycles. The summed E-state index contributed by atoms with van der Waals surface area (Å²) in [5.74, 6) is 0. The second-order valence-corrected chi connectivity index (χ2v) is 14.4. The Hall–Kier alpha value is -7.02. The summed E-state index contributed by atoms with van der Waals surface area (Å²) in [5, 5.41) is 15.0. The Morgan fingerprint density at radius 3 is 1.00 bits per heavy atom. The Labute approximate surface area is 314 Å². The van der Waals surface area contributed by atoms with Gasteiger partial charge in [-0.25, -0.2) is 0 Å². The number of hydrogen-bond acceptors (Lipinski definition) is 0. The molecule has 0 unspecified atom stereocenters. The van der Waals surface area contributed by atoms with Crippen molar-refractivity contribution in [3.8, 4) is 44.5 Å². The molecule has 11 rings (SSSR count). The highest BCUT2D eigenvalue weighted by Crippen LogP contribution is 2.48. The summed E-state index contributed by atoms with van der Waals surface area (Å²) in [6.07, 6.45) is 0. The molecule has 0 aliphatic rings. The van der Waals surface area contributed by atoms with Gasteiger partial charge in [0, 0.05) is 0 Å². The topological polar surface area (TPSA) is 0 Å². The lowest BCUT2D eigenvalue weighted by Crippen LogP contribution is -1.94. The zero-order chi connectivity index (χ0) is 35.6. The van der Waals surface area contributed by atoms with E-state index >= 15 is 0 Å². The monoisotopic (exact) mass is 682 g/mol. The molecule has 0 aromatic heterocycles. The molecule has 0 radical (unpaired) electrons. The van der Waals surface area contributed by atoms with Crippen LogP contribution in [0.25, 0.3) is 109 Å². The quantitative estimate of drug-likeness (QED) is 0.162. The fraction of sp³-hybridized carbons (Fsp3) is 0. The number of fused-ring (bicyclic) bond motifs is 6. The van der Waals surface area contributed by atoms with Crippen LogP contribution in [-0.4, -0.2) is 0 Å². The van der Waals surface area contributed by atoms with Crippen molar-refractivity contribution in [2.24, 2.45) is 0 Å². The van der Waals surface area contributed by atoms with Crippen LogP contribution >= 0.6 is 0 Å². The van der Waals surface area contributed by atoms with Gasteiger partial charge in [0.1, 0.15) is 0 Å². The number of hydrogen-bond donors (Lipinski definition) is 0. The van der Waals surface area contributed by atoms with Crippen LogP contribution in [0.3, 0.4) is 0 Å². The van der Waals surface area contributed by atoms with Gasteiger partial charge in [-0.3, -0.25) is 0 Å². The molecule has 0 aliphatic heterocycles. The van der Waals surface area contributed by atoms with E-state index in [1.807, 2.05) is 0 Å². The molecule has 0 nitrogen and oxygen atoms in total. The third-order valence-corrected chi connectivity index (χ3v) is 11.4. The number of rotatable bonds is 4. The first kappa shape index (κ1) is 30.6. The van der Waals surface area contributed by atoms with E-state index in [0.717, 1.165) is 0 Å². The van der Waals surface area contributed by atoms with Crippen molar-refractivity contribution in [3.63, 3.8) is 0 Å². The molecule has 0 spiro atoms. The second kappa shape index (κ2) is 12.3. The van der Waals surface area contributed by atoms with E-state index in [9.17, 15) is 0 Å². The molecule has 11 aromatic carbocycles. The maximum atomic E-state index is 2.45. The molecule has 250 valence electrons. The largest absolute Gasteiger partial charge is 0.0616 e. The Morgan fingerprint density at radius 1 is 0.185 bits per heavy atom. The number of benzene rings is 11. The fourth-order valence-electron chi connectivity index (χ4n) is 8.79. The van der Waals surface area contributed by atoms with Gasteiger partial charge in [-0.15, -0.1) is 0 Å². The van der Waals surface area contributed by atoms with E-state index in [1.54, 1.807) is 0 Å². The standard InChI is InChI=1S/C54H34/c1-3-15-39-31-41(25-23-35(39)11-1)43-27-29-49-51(33-43)53(47-21-9-17-37-13-5-7-19-45(37)47)50-30-28-44(42-26-24-36-12-2-4-16-40(36)32-42)34-52(50)54(49)48-22-10-18-38-14-6-8-20-46(38)48/h1-34H. The first-order valence-electron chi connectivity index (χ1n) is 18.7. The highest BCUT2D eigenvalue weighted by Gasteiger charge is 2.21. The van der Waals surface area contributed by atoms with Crippen LogP contribution in [0.15, 0.2) is 206 Å². The van der Waals surface area contributed by atoms with Gasteiger partial charge in [-0.05, 0) is 133 Å². The van der Waals surface area contributed by atoms with Gasteiger partial charge in [0.2, 0.25) is 0 Å². The molecule has 11 aromatic rings. The molecule has 54 heavy (non-hydrogen) atoms. The van der Waals surface area contributed by atoms with Crippen LogP contribution in [0.5, 0.6) is 0 Å². The van der Waals surface area contributed by atoms with E-state index in [0.29, 0.717) is 0 Å². The fourth-order valence-corrected chi connectivity index (χ4v) is 8.79. The second-order valence-electron chi connectivity index (χ2n) is 14.4. The minimum atomic E-state index is 1.21. The molecular weight excluding hydrogens is 649 g/mol. The molecular formula is C54H34. The van der Waals surface area contributed by atoms with Crippen molar-refractivity contribution >= 4 is 64.6 Å². The van der Waals surface area contributed by atoms with E-state index in [2.05, 4.69) is 206 Å². The van der Waals surface area contributed by atoms with E-state index in [-0.39, 0.29) is 0 Å². The van der Waals surface area contributed by atoms with Gasteiger partial charge in [-0.2, -0.15) is 0 Å². The molecule has 0 amide bonds. The summed E-state index contributed by atoms with van der Waals surface area (Å²) >= 11 is 0. The van der Waals surface area contributed by atoms with E-state index in [1.165, 1.54) is 109 Å². The molecule has 0 N–H and O–H groups in total. The SMILES string of the molecule is c1ccc2cc(-c3ccc4c(-c5cccc6ccccc56)c5cc(-c6ccc7ccccc7c6)ccc5c(-c5cccc6ccccc56)c4c3)ccc2c1. The lowest BCUT2D eigenvalue weighted by Gasteiger charge is -2.21. The van der Waals surface area contributed by atoms with E-state index < -0.39 is 0 Å². The molecule has 0 heteroatoms. The van der Waals surface area contributed by atoms with Crippen molar-refractivity contribution in [3.05, 3.63) is 206 Å². The molecule has 0 saturated carbocycles. The average Bonchev–Trinajstić information content (AvgIpc) is 3.24. The van der Waals surface area contributed by atoms with Crippen LogP contribution < -0.4 is 0 Å². The summed E-state index contributed by atoms with van der Waals surface area (Å²) < 4.78 is 0. The summed E-state index contributed by atoms with van der Waals surface area (Å²) in [7, 11) is 0. The Morgan fingerprint density at radius 2 is 0.537 bits per heavy atom. The third kappa shape index (κ3) is 4.92. The van der Waals surface area contributed by atoms with Crippen molar-refractivity contribution in [2.75, 3.05) is 0 Å². The van der Waals surface area contributed by atoms with Gasteiger partial charge >= 0.3 is 0 Å². The maximum absolute atomic E-state index is 2.45. The summed E-state index contributed by atoms with van der Waals surface area (Å²) in [5.41, 5.74) is 9.91. The van der Waals surface area contributed by atoms with E-state index in [4.69, 9.17) is 0 Å². The van der Waals surface area contributed by atoms with Crippen LogP contribution in [-0.2, 0) is 0 Å². The average molecular weight is 683 g/mol. The van der Waals surface area contributed by atoms with Gasteiger partial charge in [0.15, 0.2) is 0 Å². The smallest absolute Gasteiger partial charge is 0.00199 e. The molecule has 0 fully saturated rings. The first-order valence-corrected chi connectivity index (χ1v) is 18.7.